The summed E-state index contributed by atoms with van der Waals surface area (Å²) in [5.74, 6) is 0. The van der Waals surface area contributed by atoms with Gasteiger partial charge in [0.2, 0.25) is 0 Å². The van der Waals surface area contributed by atoms with Gasteiger partial charge in [-0.15, -0.1) is 0 Å². The summed E-state index contributed by atoms with van der Waals surface area (Å²) in [5.41, 5.74) is 4.25. The topological polar surface area (TPSA) is 24.8 Å². The largest absolute Gasteiger partial charge is 0.275 e. The number of allylic oxidation sites excluding steroid dienone is 1. The predicted molar refractivity (Wildman–Crippen MR) is 115 cm³/mol. The lowest BCUT2D eigenvalue weighted by Gasteiger charge is -2.34. The van der Waals surface area contributed by atoms with Gasteiger partial charge in [-0.1, -0.05) is 69.5 Å². The number of hydrogen-bond donors (Lipinski definition) is 0. The summed E-state index contributed by atoms with van der Waals surface area (Å²) in [5, 5.41) is 1.93. The second-order valence-corrected chi connectivity index (χ2v) is 8.02. The lowest BCUT2D eigenvalue weighted by Crippen LogP contribution is -2.35. The predicted octanol–water partition coefficient (Wildman–Crippen LogP) is 6.44. The molecule has 0 N–H and O–H groups in total. The van der Waals surface area contributed by atoms with Crippen LogP contribution in [0.2, 0.25) is 0 Å². The average molecular weight is 478 g/mol. The van der Waals surface area contributed by atoms with Gasteiger partial charge in [0.25, 0.3) is 0 Å². The smallest absolute Gasteiger partial charge is 0.146 e. The molecule has 3 nitrogen and oxygen atoms in total. The third-order valence-corrected chi connectivity index (χ3v) is 5.42. The molecule has 0 radical (unpaired) electrons. The van der Waals surface area contributed by atoms with Crippen LogP contribution < -0.4 is 0 Å². The maximum atomic E-state index is 5.74. The maximum Gasteiger partial charge on any atom is 0.146 e. The quantitative estimate of drug-likeness (QED) is 0.478. The van der Waals surface area contributed by atoms with Crippen LogP contribution in [0, 0.1) is 0 Å². The molecule has 0 aliphatic carbocycles. The van der Waals surface area contributed by atoms with Gasteiger partial charge in [-0.05, 0) is 48.7 Å². The van der Waals surface area contributed by atoms with Gasteiger partial charge in [-0.3, -0.25) is 9.83 Å². The van der Waals surface area contributed by atoms with Crippen molar-refractivity contribution in [2.24, 2.45) is 4.99 Å². The van der Waals surface area contributed by atoms with Crippen molar-refractivity contribution < 1.29 is 4.84 Å². The molecule has 0 fully saturated rings. The van der Waals surface area contributed by atoms with E-state index in [-0.39, 0.29) is 6.17 Å². The third kappa shape index (κ3) is 4.45. The van der Waals surface area contributed by atoms with E-state index in [0.717, 1.165) is 50.7 Å². The minimum Gasteiger partial charge on any atom is -0.275 e. The summed E-state index contributed by atoms with van der Waals surface area (Å²) in [6.45, 7) is 2.20. The number of hydrogen-bond acceptors (Lipinski definition) is 3. The molecule has 1 aliphatic rings. The number of rotatable bonds is 6. The Morgan fingerprint density at radius 1 is 0.962 bits per heavy atom. The highest BCUT2D eigenvalue weighted by atomic mass is 79.9. The third-order valence-electron chi connectivity index (χ3n) is 4.36. The van der Waals surface area contributed by atoms with Crippen molar-refractivity contribution in [2.45, 2.75) is 32.4 Å². The molecule has 0 bridgehead atoms. The van der Waals surface area contributed by atoms with Gasteiger partial charge in [0.15, 0.2) is 0 Å². The van der Waals surface area contributed by atoms with Crippen molar-refractivity contribution in [3.63, 3.8) is 0 Å². The first kappa shape index (κ1) is 19.3. The molecule has 136 valence electrons. The Hall–Kier alpha value is -1.43. The average Bonchev–Trinajstić information content (AvgIpc) is 2.66. The van der Waals surface area contributed by atoms with E-state index in [1.165, 1.54) is 0 Å². The van der Waals surface area contributed by atoms with E-state index < -0.39 is 0 Å². The summed E-state index contributed by atoms with van der Waals surface area (Å²) >= 11 is 7.01. The van der Waals surface area contributed by atoms with E-state index in [1.807, 2.05) is 5.06 Å². The fourth-order valence-corrected chi connectivity index (χ4v) is 3.53. The molecule has 0 saturated heterocycles. The summed E-state index contributed by atoms with van der Waals surface area (Å²) in [6.07, 6.45) is 5.28. The van der Waals surface area contributed by atoms with E-state index in [9.17, 15) is 0 Å². The second kappa shape index (κ2) is 8.98. The van der Waals surface area contributed by atoms with Crippen LogP contribution in [0.3, 0.4) is 0 Å². The Balaban J connectivity index is 2.04. The first-order valence-corrected chi connectivity index (χ1v) is 10.4. The zero-order chi connectivity index (χ0) is 18.5. The van der Waals surface area contributed by atoms with Crippen LogP contribution >= 0.6 is 31.9 Å². The Labute approximate surface area is 172 Å². The number of nitrogens with zero attached hydrogens (tertiary/aromatic N) is 2. The number of unbranched alkanes of at least 4 members (excludes halogenated alkanes) is 1. The Morgan fingerprint density at radius 3 is 2.08 bits per heavy atom. The summed E-state index contributed by atoms with van der Waals surface area (Å²) in [7, 11) is 1.71. The highest BCUT2D eigenvalue weighted by Gasteiger charge is 2.26. The van der Waals surface area contributed by atoms with Crippen molar-refractivity contribution in [1.29, 1.82) is 0 Å². The van der Waals surface area contributed by atoms with Crippen LogP contribution in [0.15, 0.2) is 68.5 Å². The van der Waals surface area contributed by atoms with E-state index in [2.05, 4.69) is 93.4 Å². The lowest BCUT2D eigenvalue weighted by molar-refractivity contribution is -0.109. The van der Waals surface area contributed by atoms with Crippen molar-refractivity contribution >= 4 is 43.3 Å². The van der Waals surface area contributed by atoms with E-state index in [0.29, 0.717) is 0 Å². The lowest BCUT2D eigenvalue weighted by atomic mass is 10.0. The zero-order valence-electron chi connectivity index (χ0n) is 15.0. The number of benzene rings is 2. The van der Waals surface area contributed by atoms with Crippen LogP contribution in [0.5, 0.6) is 0 Å². The van der Waals surface area contributed by atoms with E-state index in [4.69, 9.17) is 9.83 Å². The van der Waals surface area contributed by atoms with Crippen LogP contribution in [0.1, 0.15) is 37.3 Å². The molecule has 0 saturated carbocycles. The number of aliphatic imine (C=N–C) groups is 1. The molecule has 1 atom stereocenters. The van der Waals surface area contributed by atoms with Gasteiger partial charge in [-0.25, -0.2) is 5.06 Å². The fraction of sp³-hybridized carbons (Fsp3) is 0.286. The van der Waals surface area contributed by atoms with Crippen molar-refractivity contribution in [3.05, 3.63) is 74.7 Å². The van der Waals surface area contributed by atoms with E-state index >= 15 is 0 Å². The molecule has 1 aliphatic heterocycles. The van der Waals surface area contributed by atoms with Crippen LogP contribution in [0.25, 0.3) is 5.70 Å². The van der Waals surface area contributed by atoms with Gasteiger partial charge in [0, 0.05) is 14.5 Å². The number of hydroxylamine groups is 2. The van der Waals surface area contributed by atoms with Gasteiger partial charge < -0.3 is 0 Å². The summed E-state index contributed by atoms with van der Waals surface area (Å²) < 4.78 is 2.13. The van der Waals surface area contributed by atoms with Crippen molar-refractivity contribution in [3.8, 4) is 0 Å². The summed E-state index contributed by atoms with van der Waals surface area (Å²) in [4.78, 5) is 10.7. The molecule has 0 amide bonds. The standard InChI is InChI=1S/C21H22Br2N2O/c1-3-4-5-21-24-19(15-6-10-17(22)11-7-15)14-20(25(21)26-2)16-8-12-18(23)13-9-16/h6-14,21H,3-5H2,1-2H3. The molecule has 2 aromatic rings. The zero-order valence-corrected chi connectivity index (χ0v) is 18.1. The molecule has 0 aromatic heterocycles. The van der Waals surface area contributed by atoms with Crippen molar-refractivity contribution in [1.82, 2.24) is 5.06 Å². The maximum absolute atomic E-state index is 5.74. The SMILES string of the molecule is CCCCC1N=C(c2ccc(Br)cc2)C=C(c2ccc(Br)cc2)N1OC. The fourth-order valence-electron chi connectivity index (χ4n) is 3.00. The van der Waals surface area contributed by atoms with Crippen LogP contribution in [0.4, 0.5) is 0 Å². The highest BCUT2D eigenvalue weighted by Crippen LogP contribution is 2.30. The molecule has 0 spiro atoms. The second-order valence-electron chi connectivity index (χ2n) is 6.19. The normalized spacial score (nSPS) is 17.1. The monoisotopic (exact) mass is 476 g/mol. The molecule has 5 heteroatoms. The van der Waals surface area contributed by atoms with Gasteiger partial charge in [-0.2, -0.15) is 0 Å². The molecular weight excluding hydrogens is 456 g/mol. The Morgan fingerprint density at radius 2 is 1.54 bits per heavy atom. The Kier molecular flexibility index (Phi) is 6.68. The van der Waals surface area contributed by atoms with Gasteiger partial charge in [0.1, 0.15) is 6.17 Å². The molecule has 3 rings (SSSR count). The summed E-state index contributed by atoms with van der Waals surface area (Å²) in [6, 6.07) is 16.6. The first-order valence-electron chi connectivity index (χ1n) is 8.77. The van der Waals surface area contributed by atoms with E-state index in [1.54, 1.807) is 7.11 Å². The molecule has 26 heavy (non-hydrogen) atoms. The van der Waals surface area contributed by atoms with Crippen LogP contribution in [-0.2, 0) is 4.84 Å². The van der Waals surface area contributed by atoms with Gasteiger partial charge >= 0.3 is 0 Å². The minimum atomic E-state index is -0.0257. The van der Waals surface area contributed by atoms with Crippen LogP contribution in [-0.4, -0.2) is 24.1 Å². The Bertz CT molecular complexity index is 798. The van der Waals surface area contributed by atoms with Crippen molar-refractivity contribution in [2.75, 3.05) is 7.11 Å². The highest BCUT2D eigenvalue weighted by molar-refractivity contribution is 9.10. The molecule has 2 aromatic carbocycles. The minimum absolute atomic E-state index is 0.0257. The number of halogens is 2. The first-order chi connectivity index (χ1) is 12.6. The molecule has 1 unspecified atom stereocenters. The van der Waals surface area contributed by atoms with Gasteiger partial charge in [0.05, 0.1) is 18.5 Å². The molecule has 1 heterocycles. The molecular formula is C21H22Br2N2O.